The number of hydrogen-bond donors (Lipinski definition) is 3. The third kappa shape index (κ3) is 4.80. The first-order valence-corrected chi connectivity index (χ1v) is 8.25. The second-order valence-electron chi connectivity index (χ2n) is 6.23. The molecule has 0 aliphatic heterocycles. The first kappa shape index (κ1) is 17.9. The first-order valence-electron chi connectivity index (χ1n) is 8.25. The van der Waals surface area contributed by atoms with Gasteiger partial charge in [-0.1, -0.05) is 56.3 Å². The molecule has 0 saturated heterocycles. The molecule has 2 amide bonds. The van der Waals surface area contributed by atoms with E-state index in [2.05, 4.69) is 34.9 Å². The lowest BCUT2D eigenvalue weighted by atomic mass is 10.0. The van der Waals surface area contributed by atoms with Crippen molar-refractivity contribution in [3.8, 4) is 0 Å². The molecule has 2 rings (SSSR count). The van der Waals surface area contributed by atoms with E-state index < -0.39 is 6.04 Å². The van der Waals surface area contributed by atoms with Gasteiger partial charge >= 0.3 is 0 Å². The van der Waals surface area contributed by atoms with Crippen molar-refractivity contribution in [2.24, 2.45) is 11.7 Å². The van der Waals surface area contributed by atoms with Crippen LogP contribution in [0.4, 0.5) is 0 Å². The zero-order chi connectivity index (χ0) is 17.5. The van der Waals surface area contributed by atoms with E-state index in [0.717, 1.165) is 6.42 Å². The van der Waals surface area contributed by atoms with Crippen LogP contribution in [0, 0.1) is 5.92 Å². The molecule has 2 aromatic carbocycles. The van der Waals surface area contributed by atoms with Gasteiger partial charge in [0.1, 0.15) is 0 Å². The fraction of sp³-hybridized carbons (Fsp3) is 0.368. The maximum atomic E-state index is 11.8. The van der Waals surface area contributed by atoms with Crippen LogP contribution in [0.15, 0.2) is 42.5 Å². The maximum Gasteiger partial charge on any atom is 0.239 e. The molecule has 0 aromatic heterocycles. The minimum Gasteiger partial charge on any atom is -0.354 e. The molecule has 0 unspecified atom stereocenters. The molecule has 0 radical (unpaired) electrons. The second-order valence-corrected chi connectivity index (χ2v) is 6.23. The smallest absolute Gasteiger partial charge is 0.239 e. The minimum absolute atomic E-state index is 0.0411. The van der Waals surface area contributed by atoms with Crippen molar-refractivity contribution in [1.82, 2.24) is 10.6 Å². The number of nitrogens with one attached hydrogen (secondary N) is 2. The summed E-state index contributed by atoms with van der Waals surface area (Å²) < 4.78 is 0. The fourth-order valence-corrected chi connectivity index (χ4v) is 2.50. The Kier molecular flexibility index (Phi) is 6.32. The highest BCUT2D eigenvalue weighted by atomic mass is 16.2. The molecule has 0 aliphatic carbocycles. The van der Waals surface area contributed by atoms with Crippen molar-refractivity contribution < 1.29 is 9.59 Å². The summed E-state index contributed by atoms with van der Waals surface area (Å²) in [6, 6.07) is 13.8. The Balaban J connectivity index is 1.79. The summed E-state index contributed by atoms with van der Waals surface area (Å²) in [6.07, 6.45) is 0.743. The summed E-state index contributed by atoms with van der Waals surface area (Å²) in [5.74, 6) is -0.465. The van der Waals surface area contributed by atoms with E-state index in [-0.39, 0.29) is 24.3 Å². The summed E-state index contributed by atoms with van der Waals surface area (Å²) in [5.41, 5.74) is 6.93. The quantitative estimate of drug-likeness (QED) is 0.722. The average molecular weight is 327 g/mol. The van der Waals surface area contributed by atoms with E-state index in [0.29, 0.717) is 6.54 Å². The minimum atomic E-state index is -0.589. The van der Waals surface area contributed by atoms with E-state index in [1.54, 1.807) is 0 Å². The number of nitrogens with two attached hydrogens (primary N) is 1. The standard InChI is InChI=1S/C19H25N3O2/c1-13(2)18(20)19(24)22-12-17(23)21-11-10-15-8-5-7-14-6-3-4-9-16(14)15/h3-9,13,18H,10-12,20H2,1-2H3,(H,21,23)(H,22,24)/t18-/m0/s1. The molecule has 1 atom stereocenters. The molecule has 0 aliphatic rings. The van der Waals surface area contributed by atoms with E-state index >= 15 is 0 Å². The fourth-order valence-electron chi connectivity index (χ4n) is 2.50. The lowest BCUT2D eigenvalue weighted by molar-refractivity contribution is -0.127. The number of fused-ring (bicyclic) bond motifs is 1. The lowest BCUT2D eigenvalue weighted by Crippen LogP contribution is -2.47. The van der Waals surface area contributed by atoms with Crippen molar-refractivity contribution >= 4 is 22.6 Å². The number of amides is 2. The number of rotatable bonds is 7. The molecular formula is C19H25N3O2. The van der Waals surface area contributed by atoms with Crippen LogP contribution in [-0.4, -0.2) is 30.9 Å². The van der Waals surface area contributed by atoms with Gasteiger partial charge < -0.3 is 16.4 Å². The third-order valence-corrected chi connectivity index (χ3v) is 4.04. The van der Waals surface area contributed by atoms with Gasteiger partial charge in [-0.15, -0.1) is 0 Å². The molecule has 5 heteroatoms. The van der Waals surface area contributed by atoms with Crippen LogP contribution in [0.1, 0.15) is 19.4 Å². The van der Waals surface area contributed by atoms with Gasteiger partial charge in [0.05, 0.1) is 12.6 Å². The zero-order valence-electron chi connectivity index (χ0n) is 14.2. The average Bonchev–Trinajstić information content (AvgIpc) is 2.59. The summed E-state index contributed by atoms with van der Waals surface area (Å²) in [6.45, 7) is 4.22. The number of hydrogen-bond acceptors (Lipinski definition) is 3. The number of benzene rings is 2. The molecule has 0 fully saturated rings. The van der Waals surface area contributed by atoms with E-state index in [1.165, 1.54) is 16.3 Å². The van der Waals surface area contributed by atoms with Crippen LogP contribution in [0.25, 0.3) is 10.8 Å². The lowest BCUT2D eigenvalue weighted by Gasteiger charge is -2.15. The molecular weight excluding hydrogens is 302 g/mol. The van der Waals surface area contributed by atoms with Gasteiger partial charge in [0, 0.05) is 6.54 Å². The summed E-state index contributed by atoms with van der Waals surface area (Å²) in [7, 11) is 0. The Morgan fingerprint density at radius 1 is 1.04 bits per heavy atom. The van der Waals surface area contributed by atoms with Crippen molar-refractivity contribution in [2.75, 3.05) is 13.1 Å². The van der Waals surface area contributed by atoms with Crippen LogP contribution in [0.2, 0.25) is 0 Å². The molecule has 24 heavy (non-hydrogen) atoms. The largest absolute Gasteiger partial charge is 0.354 e. The normalized spacial score (nSPS) is 12.2. The Labute approximate surface area is 142 Å². The highest BCUT2D eigenvalue weighted by Gasteiger charge is 2.17. The Bertz CT molecular complexity index is 707. The molecule has 2 aromatic rings. The summed E-state index contributed by atoms with van der Waals surface area (Å²) >= 11 is 0. The van der Waals surface area contributed by atoms with Crippen LogP contribution < -0.4 is 16.4 Å². The molecule has 0 saturated carbocycles. The SMILES string of the molecule is CC(C)[C@H](N)C(=O)NCC(=O)NCCc1cccc2ccccc12. The predicted molar refractivity (Wildman–Crippen MR) is 96.5 cm³/mol. The van der Waals surface area contributed by atoms with Crippen molar-refractivity contribution in [1.29, 1.82) is 0 Å². The summed E-state index contributed by atoms with van der Waals surface area (Å²) in [5, 5.41) is 7.78. The Morgan fingerprint density at radius 2 is 1.75 bits per heavy atom. The molecule has 128 valence electrons. The van der Waals surface area contributed by atoms with Gasteiger partial charge in [-0.3, -0.25) is 9.59 Å². The molecule has 4 N–H and O–H groups in total. The van der Waals surface area contributed by atoms with Crippen molar-refractivity contribution in [2.45, 2.75) is 26.3 Å². The Morgan fingerprint density at radius 3 is 2.50 bits per heavy atom. The third-order valence-electron chi connectivity index (χ3n) is 4.04. The molecule has 5 nitrogen and oxygen atoms in total. The van der Waals surface area contributed by atoms with Gasteiger partial charge in [0.25, 0.3) is 0 Å². The predicted octanol–water partition coefficient (Wildman–Crippen LogP) is 1.60. The Hall–Kier alpha value is -2.40. The first-order chi connectivity index (χ1) is 11.5. The number of carbonyl (C=O) groups is 2. The molecule has 0 spiro atoms. The second kappa shape index (κ2) is 8.45. The van der Waals surface area contributed by atoms with Crippen LogP contribution >= 0.6 is 0 Å². The van der Waals surface area contributed by atoms with Crippen LogP contribution in [0.3, 0.4) is 0 Å². The van der Waals surface area contributed by atoms with Gasteiger partial charge in [-0.2, -0.15) is 0 Å². The monoisotopic (exact) mass is 327 g/mol. The van der Waals surface area contributed by atoms with Gasteiger partial charge in [-0.05, 0) is 28.7 Å². The van der Waals surface area contributed by atoms with E-state index in [1.807, 2.05) is 32.0 Å². The van der Waals surface area contributed by atoms with Crippen LogP contribution in [-0.2, 0) is 16.0 Å². The zero-order valence-corrected chi connectivity index (χ0v) is 14.2. The van der Waals surface area contributed by atoms with Gasteiger partial charge in [0.15, 0.2) is 0 Å². The highest BCUT2D eigenvalue weighted by molar-refractivity contribution is 5.87. The topological polar surface area (TPSA) is 84.2 Å². The number of carbonyl (C=O) groups excluding carboxylic acids is 2. The van der Waals surface area contributed by atoms with Crippen molar-refractivity contribution in [3.05, 3.63) is 48.0 Å². The van der Waals surface area contributed by atoms with E-state index in [9.17, 15) is 9.59 Å². The summed E-state index contributed by atoms with van der Waals surface area (Å²) in [4.78, 5) is 23.5. The van der Waals surface area contributed by atoms with Gasteiger partial charge in [0.2, 0.25) is 11.8 Å². The van der Waals surface area contributed by atoms with E-state index in [4.69, 9.17) is 5.73 Å². The van der Waals surface area contributed by atoms with Crippen LogP contribution in [0.5, 0.6) is 0 Å². The maximum absolute atomic E-state index is 11.8. The molecule has 0 heterocycles. The molecule has 0 bridgehead atoms. The van der Waals surface area contributed by atoms with Crippen molar-refractivity contribution in [3.63, 3.8) is 0 Å². The van der Waals surface area contributed by atoms with Gasteiger partial charge in [-0.25, -0.2) is 0 Å². The highest BCUT2D eigenvalue weighted by Crippen LogP contribution is 2.18.